The molecule has 2 nitrogen and oxygen atoms in total. The Morgan fingerprint density at radius 2 is 1.90 bits per heavy atom. The fourth-order valence-corrected chi connectivity index (χ4v) is 2.22. The lowest BCUT2D eigenvalue weighted by Gasteiger charge is -2.17. The summed E-state index contributed by atoms with van der Waals surface area (Å²) in [4.78, 5) is 13.6. The topological polar surface area (TPSA) is 20.3 Å². The van der Waals surface area contributed by atoms with Gasteiger partial charge in [-0.05, 0) is 35.9 Å². The summed E-state index contributed by atoms with van der Waals surface area (Å²) in [5.74, 6) is -1.99. The van der Waals surface area contributed by atoms with Gasteiger partial charge in [0.05, 0.1) is 0 Å². The van der Waals surface area contributed by atoms with Gasteiger partial charge in [-0.2, -0.15) is 0 Å². The number of carbonyl (C=O) groups excluding carboxylic acids is 1. The van der Waals surface area contributed by atoms with Gasteiger partial charge in [0.1, 0.15) is 0 Å². The molecule has 0 atom stereocenters. The summed E-state index contributed by atoms with van der Waals surface area (Å²) in [5, 5.41) is 0. The third-order valence-corrected chi connectivity index (χ3v) is 3.32. The monoisotopic (exact) mass is 339 g/mol. The second kappa shape index (κ2) is 6.13. The first-order valence-corrected chi connectivity index (χ1v) is 6.71. The molecule has 0 fully saturated rings. The predicted octanol–water partition coefficient (Wildman–Crippen LogP) is 4.00. The van der Waals surface area contributed by atoms with Crippen LogP contribution in [0.2, 0.25) is 0 Å². The van der Waals surface area contributed by atoms with Crippen LogP contribution in [0.4, 0.5) is 8.78 Å². The van der Waals surface area contributed by atoms with E-state index >= 15 is 0 Å². The largest absolute Gasteiger partial charge is 0.337 e. The van der Waals surface area contributed by atoms with Gasteiger partial charge in [-0.3, -0.25) is 4.79 Å². The van der Waals surface area contributed by atoms with E-state index in [2.05, 4.69) is 15.9 Å². The van der Waals surface area contributed by atoms with E-state index in [4.69, 9.17) is 0 Å². The van der Waals surface area contributed by atoms with Crippen molar-refractivity contribution in [1.82, 2.24) is 4.90 Å². The summed E-state index contributed by atoms with van der Waals surface area (Å²) in [5.41, 5.74) is 1.07. The van der Waals surface area contributed by atoms with E-state index in [1.54, 1.807) is 25.2 Å². The Hall–Kier alpha value is -1.75. The number of hydrogen-bond acceptors (Lipinski definition) is 1. The average Bonchev–Trinajstić information content (AvgIpc) is 2.42. The maximum Gasteiger partial charge on any atom is 0.253 e. The summed E-state index contributed by atoms with van der Waals surface area (Å²) in [6, 6.07) is 10.6. The van der Waals surface area contributed by atoms with Gasteiger partial charge in [0.15, 0.2) is 11.6 Å². The molecule has 0 radical (unpaired) electrons. The van der Waals surface area contributed by atoms with Gasteiger partial charge in [0.25, 0.3) is 5.91 Å². The standard InChI is InChI=1S/C15H12BrF2NO/c1-19(9-10-5-6-13(17)14(18)7-10)15(20)11-3-2-4-12(16)8-11/h2-8H,9H2,1H3. The molecule has 0 saturated carbocycles. The zero-order valence-corrected chi connectivity index (χ0v) is 12.3. The molecule has 0 aliphatic heterocycles. The van der Waals surface area contributed by atoms with E-state index < -0.39 is 11.6 Å². The maximum absolute atomic E-state index is 13.1. The Balaban J connectivity index is 2.13. The van der Waals surface area contributed by atoms with E-state index in [-0.39, 0.29) is 12.5 Å². The van der Waals surface area contributed by atoms with Gasteiger partial charge in [0, 0.05) is 23.6 Å². The molecule has 0 N–H and O–H groups in total. The van der Waals surface area contributed by atoms with E-state index in [0.29, 0.717) is 11.1 Å². The smallest absolute Gasteiger partial charge is 0.253 e. The van der Waals surface area contributed by atoms with Gasteiger partial charge >= 0.3 is 0 Å². The number of nitrogens with zero attached hydrogens (tertiary/aromatic N) is 1. The van der Waals surface area contributed by atoms with Crippen molar-refractivity contribution in [3.8, 4) is 0 Å². The van der Waals surface area contributed by atoms with Crippen molar-refractivity contribution in [1.29, 1.82) is 0 Å². The normalized spacial score (nSPS) is 10.4. The predicted molar refractivity (Wildman–Crippen MR) is 76.3 cm³/mol. The van der Waals surface area contributed by atoms with Crippen molar-refractivity contribution >= 4 is 21.8 Å². The molecule has 0 saturated heterocycles. The number of amides is 1. The molecule has 104 valence electrons. The van der Waals surface area contributed by atoms with Crippen LogP contribution in [0, 0.1) is 11.6 Å². The Kier molecular flexibility index (Phi) is 4.49. The molecule has 0 unspecified atom stereocenters. The van der Waals surface area contributed by atoms with Crippen LogP contribution in [0.1, 0.15) is 15.9 Å². The van der Waals surface area contributed by atoms with Crippen LogP contribution in [0.25, 0.3) is 0 Å². The highest BCUT2D eigenvalue weighted by atomic mass is 79.9. The fraction of sp³-hybridized carbons (Fsp3) is 0.133. The minimum Gasteiger partial charge on any atom is -0.337 e. The lowest BCUT2D eigenvalue weighted by molar-refractivity contribution is 0.0785. The van der Waals surface area contributed by atoms with E-state index in [9.17, 15) is 13.6 Å². The van der Waals surface area contributed by atoms with Gasteiger partial charge in [0.2, 0.25) is 0 Å². The number of benzene rings is 2. The molecule has 2 aromatic carbocycles. The van der Waals surface area contributed by atoms with Crippen LogP contribution in [0.3, 0.4) is 0 Å². The second-order valence-electron chi connectivity index (χ2n) is 4.42. The van der Waals surface area contributed by atoms with Crippen molar-refractivity contribution in [3.05, 3.63) is 69.7 Å². The van der Waals surface area contributed by atoms with Crippen molar-refractivity contribution < 1.29 is 13.6 Å². The Bertz CT molecular complexity index is 646. The van der Waals surface area contributed by atoms with Crippen molar-refractivity contribution in [3.63, 3.8) is 0 Å². The lowest BCUT2D eigenvalue weighted by atomic mass is 10.1. The molecule has 0 bridgehead atoms. The summed E-state index contributed by atoms with van der Waals surface area (Å²) in [6.07, 6.45) is 0. The SMILES string of the molecule is CN(Cc1ccc(F)c(F)c1)C(=O)c1cccc(Br)c1. The van der Waals surface area contributed by atoms with E-state index in [1.165, 1.54) is 11.0 Å². The summed E-state index contributed by atoms with van der Waals surface area (Å²) in [7, 11) is 1.62. The van der Waals surface area contributed by atoms with Crippen molar-refractivity contribution in [2.75, 3.05) is 7.05 Å². The Morgan fingerprint density at radius 1 is 1.15 bits per heavy atom. The number of carbonyl (C=O) groups is 1. The molecule has 1 amide bonds. The first kappa shape index (κ1) is 14.7. The molecular weight excluding hydrogens is 328 g/mol. The Labute approximate surface area is 124 Å². The lowest BCUT2D eigenvalue weighted by Crippen LogP contribution is -2.26. The van der Waals surface area contributed by atoms with Crippen LogP contribution in [0.5, 0.6) is 0 Å². The molecule has 0 aliphatic rings. The van der Waals surface area contributed by atoms with Gasteiger partial charge in [-0.25, -0.2) is 8.78 Å². The Morgan fingerprint density at radius 3 is 2.55 bits per heavy atom. The minimum absolute atomic E-state index is 0.184. The minimum atomic E-state index is -0.911. The first-order valence-electron chi connectivity index (χ1n) is 5.92. The van der Waals surface area contributed by atoms with Crippen LogP contribution in [-0.4, -0.2) is 17.9 Å². The van der Waals surface area contributed by atoms with Crippen LogP contribution in [-0.2, 0) is 6.54 Å². The molecule has 2 aromatic rings. The summed E-state index contributed by atoms with van der Waals surface area (Å²) < 4.78 is 26.8. The molecular formula is C15H12BrF2NO. The highest BCUT2D eigenvalue weighted by molar-refractivity contribution is 9.10. The van der Waals surface area contributed by atoms with Crippen molar-refractivity contribution in [2.24, 2.45) is 0 Å². The second-order valence-corrected chi connectivity index (χ2v) is 5.34. The molecule has 0 aliphatic carbocycles. The molecule has 5 heteroatoms. The highest BCUT2D eigenvalue weighted by Crippen LogP contribution is 2.15. The molecule has 0 spiro atoms. The summed E-state index contributed by atoms with van der Waals surface area (Å²) >= 11 is 3.30. The van der Waals surface area contributed by atoms with Crippen LogP contribution >= 0.6 is 15.9 Å². The number of hydrogen-bond donors (Lipinski definition) is 0. The van der Waals surface area contributed by atoms with Crippen LogP contribution in [0.15, 0.2) is 46.9 Å². The first-order chi connectivity index (χ1) is 9.47. The third-order valence-electron chi connectivity index (χ3n) is 2.82. The summed E-state index contributed by atoms with van der Waals surface area (Å²) in [6.45, 7) is 0.211. The molecule has 0 heterocycles. The van der Waals surface area contributed by atoms with Crippen molar-refractivity contribution in [2.45, 2.75) is 6.54 Å². The fourth-order valence-electron chi connectivity index (χ4n) is 1.83. The third kappa shape index (κ3) is 3.42. The van der Waals surface area contributed by atoms with Gasteiger partial charge in [-0.1, -0.05) is 28.1 Å². The molecule has 20 heavy (non-hydrogen) atoms. The van der Waals surface area contributed by atoms with Crippen LogP contribution < -0.4 is 0 Å². The van der Waals surface area contributed by atoms with E-state index in [1.807, 2.05) is 6.07 Å². The molecule has 2 rings (SSSR count). The number of halogens is 3. The quantitative estimate of drug-likeness (QED) is 0.827. The van der Waals surface area contributed by atoms with E-state index in [0.717, 1.165) is 16.6 Å². The number of rotatable bonds is 3. The van der Waals surface area contributed by atoms with Gasteiger partial charge < -0.3 is 4.90 Å². The molecule has 0 aromatic heterocycles. The maximum atomic E-state index is 13.1. The average molecular weight is 340 g/mol. The van der Waals surface area contributed by atoms with Gasteiger partial charge in [-0.15, -0.1) is 0 Å². The highest BCUT2D eigenvalue weighted by Gasteiger charge is 2.13. The zero-order valence-electron chi connectivity index (χ0n) is 10.7. The zero-order chi connectivity index (χ0) is 14.7.